The second kappa shape index (κ2) is 4.98. The zero-order chi connectivity index (χ0) is 12.2. The third kappa shape index (κ3) is 3.54. The first-order chi connectivity index (χ1) is 7.44. The molecular weight excluding hydrogens is 221 g/mol. The number of carbonyl (C=O) groups excluding carboxylic acids is 1. The van der Waals surface area contributed by atoms with Crippen LogP contribution in [0.3, 0.4) is 0 Å². The Morgan fingerprint density at radius 2 is 1.88 bits per heavy atom. The second-order valence-electron chi connectivity index (χ2n) is 3.25. The van der Waals surface area contributed by atoms with Crippen LogP contribution in [0, 0.1) is 5.82 Å². The maximum absolute atomic E-state index is 12.7. The highest BCUT2D eigenvalue weighted by Gasteiger charge is 2.27. The minimum atomic E-state index is -3.13. The Bertz CT molecular complexity index is 365. The molecule has 0 aliphatic rings. The predicted molar refractivity (Wildman–Crippen MR) is 52.7 cm³/mol. The topological polar surface area (TPSA) is 55.1 Å². The van der Waals surface area contributed by atoms with Gasteiger partial charge in [0.1, 0.15) is 5.82 Å². The molecule has 0 radical (unpaired) electrons. The molecule has 3 nitrogen and oxygen atoms in total. The smallest absolute Gasteiger partial charge is 0.277 e. The fourth-order valence-corrected chi connectivity index (χ4v) is 0.985. The highest BCUT2D eigenvalue weighted by Crippen LogP contribution is 2.09. The Balaban J connectivity index is 2.56. The first-order valence-electron chi connectivity index (χ1n) is 4.56. The van der Waals surface area contributed by atoms with E-state index in [0.29, 0.717) is 0 Å². The lowest BCUT2D eigenvalue weighted by atomic mass is 10.2. The molecule has 0 fully saturated rings. The Labute approximate surface area is 90.4 Å². The second-order valence-corrected chi connectivity index (χ2v) is 3.25. The first-order valence-corrected chi connectivity index (χ1v) is 4.56. The molecule has 0 aliphatic carbocycles. The van der Waals surface area contributed by atoms with E-state index in [2.05, 4.69) is 0 Å². The monoisotopic (exact) mass is 232 g/mol. The fourth-order valence-electron chi connectivity index (χ4n) is 0.985. The van der Waals surface area contributed by atoms with Crippen LogP contribution in [0.15, 0.2) is 24.3 Å². The van der Waals surface area contributed by atoms with Crippen molar-refractivity contribution in [1.82, 2.24) is 5.32 Å². The average molecular weight is 232 g/mol. The van der Waals surface area contributed by atoms with Crippen molar-refractivity contribution >= 4 is 5.91 Å². The van der Waals surface area contributed by atoms with Crippen molar-refractivity contribution in [3.63, 3.8) is 0 Å². The Morgan fingerprint density at radius 3 is 2.38 bits per heavy atom. The summed E-state index contributed by atoms with van der Waals surface area (Å²) >= 11 is 0. The number of hydrogen-bond donors (Lipinski definition) is 2. The van der Waals surface area contributed by atoms with E-state index in [1.165, 1.54) is 12.1 Å². The van der Waals surface area contributed by atoms with Crippen molar-refractivity contribution in [2.75, 3.05) is 13.1 Å². The van der Waals surface area contributed by atoms with Crippen molar-refractivity contribution in [1.29, 1.82) is 0 Å². The lowest BCUT2D eigenvalue weighted by molar-refractivity contribution is 0.0118. The molecular formula is C10H11F3N2O. The summed E-state index contributed by atoms with van der Waals surface area (Å²) in [5, 5.41) is 2.02. The van der Waals surface area contributed by atoms with Crippen molar-refractivity contribution in [2.45, 2.75) is 5.92 Å². The van der Waals surface area contributed by atoms with E-state index >= 15 is 0 Å². The van der Waals surface area contributed by atoms with Gasteiger partial charge >= 0.3 is 0 Å². The molecule has 88 valence electrons. The number of halogens is 3. The zero-order valence-electron chi connectivity index (χ0n) is 8.34. The molecule has 0 unspecified atom stereocenters. The summed E-state index contributed by atoms with van der Waals surface area (Å²) in [6.45, 7) is -1.67. The molecule has 0 spiro atoms. The minimum absolute atomic E-state index is 0.120. The van der Waals surface area contributed by atoms with Gasteiger partial charge in [0.2, 0.25) is 0 Å². The first kappa shape index (κ1) is 12.5. The van der Waals surface area contributed by atoms with Crippen LogP contribution in [0.5, 0.6) is 0 Å². The van der Waals surface area contributed by atoms with Gasteiger partial charge in [0.15, 0.2) is 0 Å². The van der Waals surface area contributed by atoms with Crippen LogP contribution in [-0.2, 0) is 0 Å². The highest BCUT2D eigenvalue weighted by molar-refractivity contribution is 5.94. The SMILES string of the molecule is NCC(F)(F)CNC(=O)c1ccc(F)cc1. The summed E-state index contributed by atoms with van der Waals surface area (Å²) in [4.78, 5) is 11.3. The largest absolute Gasteiger partial charge is 0.346 e. The maximum atomic E-state index is 12.7. The summed E-state index contributed by atoms with van der Waals surface area (Å²) in [6.07, 6.45) is 0. The van der Waals surface area contributed by atoms with Gasteiger partial charge in [0, 0.05) is 5.56 Å². The van der Waals surface area contributed by atoms with Crippen LogP contribution in [-0.4, -0.2) is 24.9 Å². The molecule has 0 aliphatic heterocycles. The lowest BCUT2D eigenvalue weighted by Crippen LogP contribution is -2.41. The molecule has 0 saturated carbocycles. The van der Waals surface area contributed by atoms with E-state index < -0.39 is 30.7 Å². The van der Waals surface area contributed by atoms with Crippen molar-refractivity contribution in [2.24, 2.45) is 5.73 Å². The molecule has 1 rings (SSSR count). The molecule has 16 heavy (non-hydrogen) atoms. The van der Waals surface area contributed by atoms with Crippen LogP contribution in [0.1, 0.15) is 10.4 Å². The van der Waals surface area contributed by atoms with Gasteiger partial charge in [0.25, 0.3) is 11.8 Å². The van der Waals surface area contributed by atoms with E-state index in [1.54, 1.807) is 0 Å². The average Bonchev–Trinajstić information content (AvgIpc) is 2.27. The fraction of sp³-hybridized carbons (Fsp3) is 0.300. The number of amides is 1. The Morgan fingerprint density at radius 1 is 1.31 bits per heavy atom. The van der Waals surface area contributed by atoms with E-state index in [-0.39, 0.29) is 5.56 Å². The third-order valence-corrected chi connectivity index (χ3v) is 1.91. The Kier molecular flexibility index (Phi) is 3.89. The summed E-state index contributed by atoms with van der Waals surface area (Å²) < 4.78 is 37.9. The molecule has 0 bridgehead atoms. The van der Waals surface area contributed by atoms with Crippen molar-refractivity contribution in [3.05, 3.63) is 35.6 Å². The number of carbonyl (C=O) groups is 1. The number of rotatable bonds is 4. The summed E-state index contributed by atoms with van der Waals surface area (Å²) in [5.41, 5.74) is 4.92. The highest BCUT2D eigenvalue weighted by atomic mass is 19.3. The van der Waals surface area contributed by atoms with Gasteiger partial charge in [-0.25, -0.2) is 13.2 Å². The number of benzene rings is 1. The van der Waals surface area contributed by atoms with Crippen LogP contribution < -0.4 is 11.1 Å². The molecule has 0 saturated heterocycles. The number of alkyl halides is 2. The molecule has 1 amide bonds. The molecule has 6 heteroatoms. The molecule has 0 aromatic heterocycles. The van der Waals surface area contributed by atoms with E-state index in [9.17, 15) is 18.0 Å². The Hall–Kier alpha value is -1.56. The number of hydrogen-bond acceptors (Lipinski definition) is 2. The number of nitrogens with one attached hydrogen (secondary N) is 1. The lowest BCUT2D eigenvalue weighted by Gasteiger charge is -2.14. The van der Waals surface area contributed by atoms with Crippen molar-refractivity contribution < 1.29 is 18.0 Å². The molecule has 1 aromatic rings. The molecule has 0 heterocycles. The molecule has 0 atom stereocenters. The van der Waals surface area contributed by atoms with Crippen molar-refractivity contribution in [3.8, 4) is 0 Å². The van der Waals surface area contributed by atoms with E-state index in [0.717, 1.165) is 12.1 Å². The quantitative estimate of drug-likeness (QED) is 0.818. The summed E-state index contributed by atoms with van der Waals surface area (Å²) in [5.74, 6) is -4.31. The predicted octanol–water partition coefficient (Wildman–Crippen LogP) is 1.15. The van der Waals surface area contributed by atoms with Gasteiger partial charge in [-0.1, -0.05) is 0 Å². The maximum Gasteiger partial charge on any atom is 0.277 e. The van der Waals surface area contributed by atoms with Gasteiger partial charge in [-0.2, -0.15) is 0 Å². The van der Waals surface area contributed by atoms with E-state index in [4.69, 9.17) is 5.73 Å². The van der Waals surface area contributed by atoms with Crippen LogP contribution in [0.4, 0.5) is 13.2 Å². The summed E-state index contributed by atoms with van der Waals surface area (Å²) in [6, 6.07) is 4.59. The van der Waals surface area contributed by atoms with Gasteiger partial charge in [-0.3, -0.25) is 4.79 Å². The van der Waals surface area contributed by atoms with Gasteiger partial charge in [-0.05, 0) is 24.3 Å². The number of nitrogens with two attached hydrogens (primary N) is 1. The van der Waals surface area contributed by atoms with Crippen LogP contribution in [0.2, 0.25) is 0 Å². The molecule has 1 aromatic carbocycles. The van der Waals surface area contributed by atoms with Gasteiger partial charge in [-0.15, -0.1) is 0 Å². The van der Waals surface area contributed by atoms with Crippen LogP contribution in [0.25, 0.3) is 0 Å². The van der Waals surface area contributed by atoms with Gasteiger partial charge < -0.3 is 11.1 Å². The van der Waals surface area contributed by atoms with Crippen LogP contribution >= 0.6 is 0 Å². The zero-order valence-corrected chi connectivity index (χ0v) is 8.34. The minimum Gasteiger partial charge on any atom is -0.346 e. The normalized spacial score (nSPS) is 11.2. The standard InChI is InChI=1S/C10H11F3N2O/c11-8-3-1-7(2-4-8)9(16)15-6-10(12,13)5-14/h1-4H,5-6,14H2,(H,15,16). The third-order valence-electron chi connectivity index (χ3n) is 1.91. The van der Waals surface area contributed by atoms with E-state index in [1.807, 2.05) is 5.32 Å². The molecule has 3 N–H and O–H groups in total. The summed E-state index contributed by atoms with van der Waals surface area (Å²) in [7, 11) is 0. The van der Waals surface area contributed by atoms with Gasteiger partial charge in [0.05, 0.1) is 13.1 Å².